The first kappa shape index (κ1) is 16.6. The van der Waals surface area contributed by atoms with Gasteiger partial charge in [0.25, 0.3) is 0 Å². The Kier molecular flexibility index (Phi) is 7.80. The summed E-state index contributed by atoms with van der Waals surface area (Å²) in [7, 11) is 3.26. The summed E-state index contributed by atoms with van der Waals surface area (Å²) in [6.07, 6.45) is 4.89. The molecular weight excluding hydrogens is 272 g/mol. The van der Waals surface area contributed by atoms with Crippen LogP contribution < -0.4 is 20.1 Å². The quantitative estimate of drug-likeness (QED) is 0.567. The average Bonchev–Trinajstić information content (AvgIpc) is 2.46. The maximum Gasteiger partial charge on any atom is 0.170 e. The summed E-state index contributed by atoms with van der Waals surface area (Å²) >= 11 is 5.27. The average molecular weight is 296 g/mol. The van der Waals surface area contributed by atoms with E-state index >= 15 is 0 Å². The van der Waals surface area contributed by atoms with Gasteiger partial charge in [-0.1, -0.05) is 26.2 Å². The van der Waals surface area contributed by atoms with Crippen LogP contribution in [0.4, 0.5) is 5.69 Å². The Morgan fingerprint density at radius 1 is 1.05 bits per heavy atom. The highest BCUT2D eigenvalue weighted by molar-refractivity contribution is 7.80. The minimum absolute atomic E-state index is 0.622. The molecule has 5 heteroatoms. The predicted octanol–water partition coefficient (Wildman–Crippen LogP) is 3.57. The van der Waals surface area contributed by atoms with Crippen molar-refractivity contribution in [2.45, 2.75) is 32.6 Å². The van der Waals surface area contributed by atoms with Crippen molar-refractivity contribution < 1.29 is 9.47 Å². The van der Waals surface area contributed by atoms with E-state index in [9.17, 15) is 0 Å². The van der Waals surface area contributed by atoms with Crippen LogP contribution in [-0.2, 0) is 0 Å². The molecule has 0 saturated carbocycles. The van der Waals surface area contributed by atoms with E-state index in [0.717, 1.165) is 30.2 Å². The van der Waals surface area contributed by atoms with Crippen LogP contribution in [-0.4, -0.2) is 25.9 Å². The number of hydrogen-bond acceptors (Lipinski definition) is 3. The number of anilines is 1. The molecule has 0 saturated heterocycles. The molecule has 0 amide bonds. The van der Waals surface area contributed by atoms with Gasteiger partial charge >= 0.3 is 0 Å². The van der Waals surface area contributed by atoms with Crippen molar-refractivity contribution in [2.75, 3.05) is 26.1 Å². The maximum absolute atomic E-state index is 5.27. The van der Waals surface area contributed by atoms with Gasteiger partial charge < -0.3 is 20.1 Å². The van der Waals surface area contributed by atoms with Crippen molar-refractivity contribution in [1.29, 1.82) is 0 Å². The Morgan fingerprint density at radius 2 is 1.70 bits per heavy atom. The van der Waals surface area contributed by atoms with Crippen molar-refractivity contribution in [3.8, 4) is 11.5 Å². The first-order valence-corrected chi connectivity index (χ1v) is 7.38. The standard InChI is InChI=1S/C15H24N2O2S/c1-4-5-6-7-8-16-15(20)17-12-9-13(18-2)11-14(10-12)19-3/h9-11H,4-8H2,1-3H3,(H2,16,17,20). The van der Waals surface area contributed by atoms with E-state index in [-0.39, 0.29) is 0 Å². The highest BCUT2D eigenvalue weighted by atomic mass is 32.1. The summed E-state index contributed by atoms with van der Waals surface area (Å²) in [5.41, 5.74) is 0.854. The van der Waals surface area contributed by atoms with Crippen LogP contribution in [0.1, 0.15) is 32.6 Å². The molecule has 1 rings (SSSR count). The molecule has 1 aromatic carbocycles. The minimum Gasteiger partial charge on any atom is -0.497 e. The summed E-state index contributed by atoms with van der Waals surface area (Å²) in [5.74, 6) is 1.47. The third-order valence-electron chi connectivity index (χ3n) is 2.93. The Morgan fingerprint density at radius 3 is 2.25 bits per heavy atom. The third kappa shape index (κ3) is 6.10. The fourth-order valence-electron chi connectivity index (χ4n) is 1.81. The molecule has 112 valence electrons. The molecule has 0 aliphatic rings. The molecule has 0 aliphatic carbocycles. The van der Waals surface area contributed by atoms with Crippen molar-refractivity contribution in [3.63, 3.8) is 0 Å². The molecule has 0 radical (unpaired) electrons. The Balaban J connectivity index is 2.44. The largest absolute Gasteiger partial charge is 0.497 e. The number of thiocarbonyl (C=S) groups is 1. The van der Waals surface area contributed by atoms with Gasteiger partial charge in [-0.15, -0.1) is 0 Å². The molecule has 0 heterocycles. The molecule has 20 heavy (non-hydrogen) atoms. The molecular formula is C15H24N2O2S. The summed E-state index contributed by atoms with van der Waals surface area (Å²) < 4.78 is 10.4. The van der Waals surface area contributed by atoms with Gasteiger partial charge in [-0.3, -0.25) is 0 Å². The van der Waals surface area contributed by atoms with E-state index in [0.29, 0.717) is 5.11 Å². The fraction of sp³-hybridized carbons (Fsp3) is 0.533. The Hall–Kier alpha value is -1.49. The number of methoxy groups -OCH3 is 2. The van der Waals surface area contributed by atoms with Crippen molar-refractivity contribution in [2.24, 2.45) is 0 Å². The summed E-state index contributed by atoms with van der Waals surface area (Å²) in [5, 5.41) is 6.97. The van der Waals surface area contributed by atoms with Crippen LogP contribution in [0.5, 0.6) is 11.5 Å². The number of rotatable bonds is 8. The van der Waals surface area contributed by atoms with Crippen molar-refractivity contribution in [3.05, 3.63) is 18.2 Å². The lowest BCUT2D eigenvalue weighted by Crippen LogP contribution is -2.29. The van der Waals surface area contributed by atoms with Gasteiger partial charge in [-0.2, -0.15) is 0 Å². The van der Waals surface area contributed by atoms with Crippen LogP contribution in [0.15, 0.2) is 18.2 Å². The lowest BCUT2D eigenvalue weighted by Gasteiger charge is -2.12. The monoisotopic (exact) mass is 296 g/mol. The highest BCUT2D eigenvalue weighted by Crippen LogP contribution is 2.25. The molecule has 1 aromatic rings. The van der Waals surface area contributed by atoms with Gasteiger partial charge in [0.1, 0.15) is 11.5 Å². The van der Waals surface area contributed by atoms with Crippen molar-refractivity contribution >= 4 is 23.0 Å². The SMILES string of the molecule is CCCCCCNC(=S)Nc1cc(OC)cc(OC)c1. The number of ether oxygens (including phenoxy) is 2. The lowest BCUT2D eigenvalue weighted by molar-refractivity contribution is 0.395. The van der Waals surface area contributed by atoms with Gasteiger partial charge in [0, 0.05) is 30.4 Å². The van der Waals surface area contributed by atoms with Crippen molar-refractivity contribution in [1.82, 2.24) is 5.32 Å². The predicted molar refractivity (Wildman–Crippen MR) is 87.9 cm³/mol. The molecule has 0 aliphatic heterocycles. The first-order chi connectivity index (χ1) is 9.69. The van der Waals surface area contributed by atoms with Crippen LogP contribution in [0, 0.1) is 0 Å². The van der Waals surface area contributed by atoms with Gasteiger partial charge in [0.15, 0.2) is 5.11 Å². The van der Waals surface area contributed by atoms with E-state index in [1.807, 2.05) is 18.2 Å². The van der Waals surface area contributed by atoms with Gasteiger partial charge in [-0.25, -0.2) is 0 Å². The van der Waals surface area contributed by atoms with Crippen LogP contribution in [0.3, 0.4) is 0 Å². The minimum atomic E-state index is 0.622. The molecule has 0 unspecified atom stereocenters. The van der Waals surface area contributed by atoms with E-state index in [1.165, 1.54) is 19.3 Å². The van der Waals surface area contributed by atoms with Crippen LogP contribution in [0.25, 0.3) is 0 Å². The number of unbranched alkanes of at least 4 members (excludes halogenated alkanes) is 3. The third-order valence-corrected chi connectivity index (χ3v) is 3.17. The van der Waals surface area contributed by atoms with Gasteiger partial charge in [0.2, 0.25) is 0 Å². The second-order valence-electron chi connectivity index (χ2n) is 4.54. The lowest BCUT2D eigenvalue weighted by atomic mass is 10.2. The second-order valence-corrected chi connectivity index (χ2v) is 4.95. The number of benzene rings is 1. The van der Waals surface area contributed by atoms with Gasteiger partial charge in [-0.05, 0) is 18.6 Å². The molecule has 4 nitrogen and oxygen atoms in total. The summed E-state index contributed by atoms with van der Waals surface area (Å²) in [4.78, 5) is 0. The van der Waals surface area contributed by atoms with E-state index < -0.39 is 0 Å². The Bertz CT molecular complexity index is 402. The van der Waals surface area contributed by atoms with Crippen LogP contribution in [0.2, 0.25) is 0 Å². The first-order valence-electron chi connectivity index (χ1n) is 6.97. The Labute approximate surface area is 126 Å². The van der Waals surface area contributed by atoms with Gasteiger partial charge in [0.05, 0.1) is 14.2 Å². The molecule has 0 spiro atoms. The fourth-order valence-corrected chi connectivity index (χ4v) is 2.03. The molecule has 0 atom stereocenters. The number of hydrogen-bond donors (Lipinski definition) is 2. The molecule has 2 N–H and O–H groups in total. The maximum atomic E-state index is 5.27. The zero-order valence-electron chi connectivity index (χ0n) is 12.5. The zero-order chi connectivity index (χ0) is 14.8. The zero-order valence-corrected chi connectivity index (χ0v) is 13.3. The smallest absolute Gasteiger partial charge is 0.170 e. The molecule has 0 bridgehead atoms. The normalized spacial score (nSPS) is 9.95. The second kappa shape index (κ2) is 9.42. The highest BCUT2D eigenvalue weighted by Gasteiger charge is 2.03. The summed E-state index contributed by atoms with van der Waals surface area (Å²) in [6.45, 7) is 3.10. The topological polar surface area (TPSA) is 42.5 Å². The van der Waals surface area contributed by atoms with E-state index in [4.69, 9.17) is 21.7 Å². The van der Waals surface area contributed by atoms with Crippen LogP contribution >= 0.6 is 12.2 Å². The van der Waals surface area contributed by atoms with E-state index in [2.05, 4.69) is 17.6 Å². The number of nitrogens with one attached hydrogen (secondary N) is 2. The summed E-state index contributed by atoms with van der Waals surface area (Å²) in [6, 6.07) is 5.59. The van der Waals surface area contributed by atoms with E-state index in [1.54, 1.807) is 14.2 Å². The molecule has 0 fully saturated rings. The molecule has 0 aromatic heterocycles.